The second-order valence-corrected chi connectivity index (χ2v) is 2.57. The molecule has 0 fully saturated rings. The maximum atomic E-state index is 11.0. The van der Waals surface area contributed by atoms with Crippen molar-refractivity contribution in [2.75, 3.05) is 0 Å². The molecule has 11 heteroatoms. The van der Waals surface area contributed by atoms with Gasteiger partial charge in [0, 0.05) is 0 Å². The Morgan fingerprint density at radius 1 is 0.824 bits per heavy atom. The topological polar surface area (TPSA) is 161 Å². The zero-order valence-electron chi connectivity index (χ0n) is 8.24. The summed E-state index contributed by atoms with van der Waals surface area (Å²) in [5.41, 5.74) is -3.18. The summed E-state index contributed by atoms with van der Waals surface area (Å²) in [6.45, 7) is 0. The van der Waals surface area contributed by atoms with Crippen LogP contribution in [0.15, 0.2) is 22.9 Å². The van der Waals surface area contributed by atoms with E-state index in [9.17, 15) is 29.8 Å². The number of Topliss-reactive ketones (excluding diaryl/α,β-unsaturated/α-hetero) is 2. The summed E-state index contributed by atoms with van der Waals surface area (Å²) in [7, 11) is 0. The smallest absolute Gasteiger partial charge is 0.499 e. The van der Waals surface area contributed by atoms with Gasteiger partial charge in [-0.1, -0.05) is 0 Å². The molecule has 0 unspecified atom stereocenters. The maximum Gasteiger partial charge on any atom is 1.00 e. The molecule has 84 valence electrons. The van der Waals surface area contributed by atoms with Crippen LogP contribution in [-0.4, -0.2) is 31.6 Å². The normalized spacial score (nSPS) is 15.8. The van der Waals surface area contributed by atoms with Crippen LogP contribution in [0.25, 0.3) is 0 Å². The van der Waals surface area contributed by atoms with Crippen LogP contribution in [0.1, 0.15) is 0 Å². The van der Waals surface area contributed by atoms with Crippen LogP contribution in [0.2, 0.25) is 0 Å². The van der Waals surface area contributed by atoms with E-state index in [1.165, 1.54) is 0 Å². The van der Waals surface area contributed by atoms with Crippen molar-refractivity contribution in [2.45, 2.75) is 0 Å². The molecule has 0 radical (unpaired) electrons. The maximum absolute atomic E-state index is 11.0. The molecular formula is C6H2KN2O8+. The van der Waals surface area contributed by atoms with Crippen LogP contribution in [0, 0.1) is 20.2 Å². The molecule has 0 aromatic heterocycles. The fraction of sp³-hybridized carbons (Fsp3) is 0. The Kier molecular flexibility index (Phi) is 5.09. The molecule has 0 saturated heterocycles. The van der Waals surface area contributed by atoms with E-state index in [-0.39, 0.29) is 51.4 Å². The van der Waals surface area contributed by atoms with Crippen molar-refractivity contribution in [1.29, 1.82) is 0 Å². The number of carbonyl (C=O) groups is 2. The van der Waals surface area contributed by atoms with Gasteiger partial charge < -0.3 is 10.2 Å². The van der Waals surface area contributed by atoms with Gasteiger partial charge in [0.25, 0.3) is 11.5 Å². The number of aliphatic hydroxyl groups excluding tert-OH is 2. The van der Waals surface area contributed by atoms with Crippen LogP contribution in [-0.2, 0) is 9.59 Å². The van der Waals surface area contributed by atoms with Crippen molar-refractivity contribution >= 4 is 11.6 Å². The molecule has 1 aliphatic carbocycles. The summed E-state index contributed by atoms with van der Waals surface area (Å²) in [6, 6.07) is 0. The second kappa shape index (κ2) is 5.46. The number of hydrogen-bond donors (Lipinski definition) is 2. The largest absolute Gasteiger partial charge is 1.00 e. The number of rotatable bonds is 2. The number of hydrogen-bond acceptors (Lipinski definition) is 8. The molecule has 0 amide bonds. The summed E-state index contributed by atoms with van der Waals surface area (Å²) < 4.78 is 0. The van der Waals surface area contributed by atoms with Crippen molar-refractivity contribution < 1.29 is 81.0 Å². The van der Waals surface area contributed by atoms with Crippen molar-refractivity contribution in [3.63, 3.8) is 0 Å². The minimum atomic E-state index is -1.78. The van der Waals surface area contributed by atoms with Gasteiger partial charge in [-0.25, -0.2) is 0 Å². The molecule has 1 aliphatic rings. The number of ketones is 2. The molecule has 2 N–H and O–H groups in total. The molecule has 0 bridgehead atoms. The zero-order valence-corrected chi connectivity index (χ0v) is 11.4. The number of aliphatic hydroxyl groups is 2. The predicted octanol–water partition coefficient (Wildman–Crippen LogP) is -3.77. The average molecular weight is 269 g/mol. The van der Waals surface area contributed by atoms with Gasteiger partial charge >= 0.3 is 74.3 Å². The zero-order chi connectivity index (χ0) is 12.6. The monoisotopic (exact) mass is 269 g/mol. The molecule has 0 aromatic carbocycles. The molecule has 0 aliphatic heterocycles. The summed E-state index contributed by atoms with van der Waals surface area (Å²) in [6.07, 6.45) is 0. The number of nitrogens with zero attached hydrogens (tertiary/aromatic N) is 2. The summed E-state index contributed by atoms with van der Waals surface area (Å²) in [5, 5.41) is 38.4. The second-order valence-electron chi connectivity index (χ2n) is 2.57. The first-order valence-electron chi connectivity index (χ1n) is 3.53. The molecule has 10 nitrogen and oxygen atoms in total. The van der Waals surface area contributed by atoms with Gasteiger partial charge in [-0.05, 0) is 0 Å². The van der Waals surface area contributed by atoms with Crippen LogP contribution < -0.4 is 51.4 Å². The van der Waals surface area contributed by atoms with Crippen LogP contribution >= 0.6 is 0 Å². The van der Waals surface area contributed by atoms with Gasteiger partial charge in [-0.2, -0.15) is 0 Å². The Labute approximate surface area is 134 Å². The van der Waals surface area contributed by atoms with Crippen molar-refractivity contribution in [3.8, 4) is 0 Å². The van der Waals surface area contributed by atoms with Gasteiger partial charge in [-0.3, -0.25) is 29.8 Å². The first kappa shape index (κ1) is 15.9. The Hall–Kier alpha value is -1.14. The van der Waals surface area contributed by atoms with E-state index in [1.54, 1.807) is 0 Å². The van der Waals surface area contributed by atoms with E-state index in [0.29, 0.717) is 0 Å². The molecule has 17 heavy (non-hydrogen) atoms. The molecular weight excluding hydrogens is 267 g/mol. The quantitative estimate of drug-likeness (QED) is 0.223. The minimum absolute atomic E-state index is 0. The molecule has 0 heterocycles. The van der Waals surface area contributed by atoms with Crippen LogP contribution in [0.5, 0.6) is 0 Å². The summed E-state index contributed by atoms with van der Waals surface area (Å²) in [4.78, 5) is 39.7. The molecule has 1 rings (SSSR count). The SMILES string of the molecule is O=C1C(O)=C([N+](=O)[O-])C(=O)C(O)=C1[N+](=O)[O-].[K+]. The van der Waals surface area contributed by atoms with E-state index in [1.807, 2.05) is 0 Å². The standard InChI is InChI=1S/C6H2N2O8.K/c9-3-1(7(13)14)4(10)6(12)2(5(3)11)8(15)16;/h9,12H;/q;+1. The van der Waals surface area contributed by atoms with E-state index in [4.69, 9.17) is 10.2 Å². The summed E-state index contributed by atoms with van der Waals surface area (Å²) >= 11 is 0. The fourth-order valence-corrected chi connectivity index (χ4v) is 0.993. The van der Waals surface area contributed by atoms with E-state index < -0.39 is 44.3 Å². The van der Waals surface area contributed by atoms with E-state index in [0.717, 1.165) is 0 Å². The van der Waals surface area contributed by atoms with E-state index in [2.05, 4.69) is 0 Å². The Bertz CT molecular complexity index is 458. The van der Waals surface area contributed by atoms with Crippen molar-refractivity contribution in [1.82, 2.24) is 0 Å². The van der Waals surface area contributed by atoms with E-state index >= 15 is 0 Å². The van der Waals surface area contributed by atoms with Gasteiger partial charge in [0.05, 0.1) is 9.85 Å². The third-order valence-corrected chi connectivity index (χ3v) is 1.67. The Morgan fingerprint density at radius 3 is 1.24 bits per heavy atom. The Morgan fingerprint density at radius 2 is 1.06 bits per heavy atom. The first-order chi connectivity index (χ1) is 7.29. The first-order valence-corrected chi connectivity index (χ1v) is 3.53. The molecule has 0 aromatic rings. The van der Waals surface area contributed by atoms with Gasteiger partial charge in [0.2, 0.25) is 0 Å². The molecule has 0 atom stereocenters. The molecule has 0 spiro atoms. The van der Waals surface area contributed by atoms with Crippen molar-refractivity contribution in [3.05, 3.63) is 43.1 Å². The van der Waals surface area contributed by atoms with Crippen LogP contribution in [0.4, 0.5) is 0 Å². The van der Waals surface area contributed by atoms with Gasteiger partial charge in [0.15, 0.2) is 0 Å². The third-order valence-electron chi connectivity index (χ3n) is 1.67. The minimum Gasteiger partial charge on any atom is -0.499 e. The predicted molar refractivity (Wildman–Crippen MR) is 43.3 cm³/mol. The molecule has 0 saturated carbocycles. The number of carbonyl (C=O) groups excluding carboxylic acids is 2. The van der Waals surface area contributed by atoms with Gasteiger partial charge in [-0.15, -0.1) is 0 Å². The van der Waals surface area contributed by atoms with Crippen molar-refractivity contribution in [2.24, 2.45) is 0 Å². The number of nitro groups is 2. The average Bonchev–Trinajstić information content (AvgIpc) is 2.14. The summed E-state index contributed by atoms with van der Waals surface area (Å²) in [5.74, 6) is -6.90. The Balaban J connectivity index is 0.00000256. The van der Waals surface area contributed by atoms with Crippen LogP contribution in [0.3, 0.4) is 0 Å². The van der Waals surface area contributed by atoms with Gasteiger partial charge in [0.1, 0.15) is 0 Å². The third kappa shape index (κ3) is 2.58. The fourth-order valence-electron chi connectivity index (χ4n) is 0.993.